The number of hydrogen-bond acceptors (Lipinski definition) is 3. The summed E-state index contributed by atoms with van der Waals surface area (Å²) in [5, 5.41) is 8.62. The summed E-state index contributed by atoms with van der Waals surface area (Å²) in [4.78, 5) is 6.41. The van der Waals surface area contributed by atoms with Crippen LogP contribution in [0.3, 0.4) is 0 Å². The third kappa shape index (κ3) is 1.69. The Morgan fingerprint density at radius 3 is 2.79 bits per heavy atom. The SMILES string of the molecule is CCN(c1ccc(C#N)nc1)C1CC1. The second kappa shape index (κ2) is 3.67. The topological polar surface area (TPSA) is 39.9 Å². The summed E-state index contributed by atoms with van der Waals surface area (Å²) in [5.74, 6) is 0. The first-order valence-corrected chi connectivity index (χ1v) is 4.98. The van der Waals surface area contributed by atoms with E-state index in [9.17, 15) is 0 Å². The van der Waals surface area contributed by atoms with Crippen molar-refractivity contribution in [3.8, 4) is 6.07 Å². The molecule has 1 heterocycles. The highest BCUT2D eigenvalue weighted by molar-refractivity contribution is 5.47. The summed E-state index contributed by atoms with van der Waals surface area (Å²) in [7, 11) is 0. The van der Waals surface area contributed by atoms with Crippen LogP contribution >= 0.6 is 0 Å². The first kappa shape index (κ1) is 9.01. The molecule has 3 nitrogen and oxygen atoms in total. The second-order valence-corrected chi connectivity index (χ2v) is 3.53. The van der Waals surface area contributed by atoms with E-state index in [0.29, 0.717) is 11.7 Å². The van der Waals surface area contributed by atoms with Gasteiger partial charge in [-0.25, -0.2) is 4.98 Å². The van der Waals surface area contributed by atoms with Gasteiger partial charge in [0, 0.05) is 12.6 Å². The van der Waals surface area contributed by atoms with Crippen molar-refractivity contribution in [3.63, 3.8) is 0 Å². The van der Waals surface area contributed by atoms with Gasteiger partial charge in [-0.2, -0.15) is 5.26 Å². The van der Waals surface area contributed by atoms with Gasteiger partial charge >= 0.3 is 0 Å². The lowest BCUT2D eigenvalue weighted by atomic mass is 10.3. The summed E-state index contributed by atoms with van der Waals surface area (Å²) in [6, 6.07) is 6.49. The fourth-order valence-electron chi connectivity index (χ4n) is 1.66. The van der Waals surface area contributed by atoms with Crippen molar-refractivity contribution in [1.29, 1.82) is 5.26 Å². The van der Waals surface area contributed by atoms with Crippen molar-refractivity contribution < 1.29 is 0 Å². The number of hydrogen-bond donors (Lipinski definition) is 0. The van der Waals surface area contributed by atoms with Gasteiger partial charge in [0.25, 0.3) is 0 Å². The van der Waals surface area contributed by atoms with Crippen molar-refractivity contribution in [2.24, 2.45) is 0 Å². The lowest BCUT2D eigenvalue weighted by Crippen LogP contribution is -2.24. The molecule has 0 aliphatic heterocycles. The summed E-state index contributed by atoms with van der Waals surface area (Å²) < 4.78 is 0. The van der Waals surface area contributed by atoms with Gasteiger partial charge in [-0.15, -0.1) is 0 Å². The number of anilines is 1. The highest BCUT2D eigenvalue weighted by atomic mass is 15.2. The number of nitrogens with zero attached hydrogens (tertiary/aromatic N) is 3. The Kier molecular flexibility index (Phi) is 2.36. The van der Waals surface area contributed by atoms with E-state index in [2.05, 4.69) is 16.8 Å². The molecule has 1 fully saturated rings. The number of nitriles is 1. The fraction of sp³-hybridized carbons (Fsp3) is 0.455. The molecule has 14 heavy (non-hydrogen) atoms. The molecule has 0 unspecified atom stereocenters. The number of pyridine rings is 1. The lowest BCUT2D eigenvalue weighted by Gasteiger charge is -2.21. The molecule has 1 saturated carbocycles. The average molecular weight is 187 g/mol. The van der Waals surface area contributed by atoms with Gasteiger partial charge in [-0.05, 0) is 31.9 Å². The number of rotatable bonds is 3. The zero-order valence-electron chi connectivity index (χ0n) is 8.27. The van der Waals surface area contributed by atoms with Gasteiger partial charge in [0.2, 0.25) is 0 Å². The highest BCUT2D eigenvalue weighted by Gasteiger charge is 2.28. The van der Waals surface area contributed by atoms with Gasteiger partial charge in [-0.1, -0.05) is 0 Å². The van der Waals surface area contributed by atoms with Crippen molar-refractivity contribution >= 4 is 5.69 Å². The van der Waals surface area contributed by atoms with Crippen LogP contribution in [-0.4, -0.2) is 17.6 Å². The molecule has 72 valence electrons. The molecular formula is C11H13N3. The minimum absolute atomic E-state index is 0.487. The minimum atomic E-state index is 0.487. The molecular weight excluding hydrogens is 174 g/mol. The van der Waals surface area contributed by atoms with Gasteiger partial charge in [0.05, 0.1) is 11.9 Å². The molecule has 0 amide bonds. The smallest absolute Gasteiger partial charge is 0.140 e. The third-order valence-corrected chi connectivity index (χ3v) is 2.52. The standard InChI is InChI=1S/C11H13N3/c1-2-14(10-5-6-10)11-4-3-9(7-12)13-8-11/h3-4,8,10H,2,5-6H2,1H3. The molecule has 0 radical (unpaired) electrons. The largest absolute Gasteiger partial charge is 0.368 e. The van der Waals surface area contributed by atoms with E-state index in [1.54, 1.807) is 12.3 Å². The maximum Gasteiger partial charge on any atom is 0.140 e. The average Bonchev–Trinajstić information content (AvgIpc) is 3.04. The van der Waals surface area contributed by atoms with Crippen molar-refractivity contribution in [3.05, 3.63) is 24.0 Å². The van der Waals surface area contributed by atoms with Gasteiger partial charge in [0.1, 0.15) is 11.8 Å². The maximum atomic E-state index is 8.62. The van der Waals surface area contributed by atoms with E-state index in [1.165, 1.54) is 12.8 Å². The van der Waals surface area contributed by atoms with Gasteiger partial charge in [-0.3, -0.25) is 0 Å². The Balaban J connectivity index is 2.18. The van der Waals surface area contributed by atoms with E-state index < -0.39 is 0 Å². The highest BCUT2D eigenvalue weighted by Crippen LogP contribution is 2.30. The van der Waals surface area contributed by atoms with Crippen molar-refractivity contribution in [2.45, 2.75) is 25.8 Å². The molecule has 3 heteroatoms. The molecule has 1 aromatic rings. The van der Waals surface area contributed by atoms with Crippen LogP contribution in [0.2, 0.25) is 0 Å². The van der Waals surface area contributed by atoms with E-state index in [4.69, 9.17) is 5.26 Å². The van der Waals surface area contributed by atoms with E-state index in [-0.39, 0.29) is 0 Å². The summed E-state index contributed by atoms with van der Waals surface area (Å²) in [6.45, 7) is 3.16. The predicted molar refractivity (Wildman–Crippen MR) is 55.0 cm³/mol. The summed E-state index contributed by atoms with van der Waals surface area (Å²) >= 11 is 0. The van der Waals surface area contributed by atoms with Crippen LogP contribution in [0, 0.1) is 11.3 Å². The van der Waals surface area contributed by atoms with Crippen LogP contribution in [0.1, 0.15) is 25.5 Å². The van der Waals surface area contributed by atoms with Gasteiger partial charge < -0.3 is 4.90 Å². The zero-order valence-corrected chi connectivity index (χ0v) is 8.27. The molecule has 0 N–H and O–H groups in total. The summed E-state index contributed by atoms with van der Waals surface area (Å²) in [6.07, 6.45) is 4.36. The van der Waals surface area contributed by atoms with Crippen LogP contribution in [0.15, 0.2) is 18.3 Å². The van der Waals surface area contributed by atoms with Crippen molar-refractivity contribution in [1.82, 2.24) is 4.98 Å². The van der Waals surface area contributed by atoms with Crippen LogP contribution in [0.4, 0.5) is 5.69 Å². The van der Waals surface area contributed by atoms with E-state index in [0.717, 1.165) is 12.2 Å². The van der Waals surface area contributed by atoms with E-state index in [1.807, 2.05) is 12.1 Å². The minimum Gasteiger partial charge on any atom is -0.368 e. The quantitative estimate of drug-likeness (QED) is 0.726. The van der Waals surface area contributed by atoms with E-state index >= 15 is 0 Å². The van der Waals surface area contributed by atoms with Crippen LogP contribution in [-0.2, 0) is 0 Å². The van der Waals surface area contributed by atoms with Crippen molar-refractivity contribution in [2.75, 3.05) is 11.4 Å². The predicted octanol–water partition coefficient (Wildman–Crippen LogP) is 1.94. The molecule has 0 spiro atoms. The second-order valence-electron chi connectivity index (χ2n) is 3.53. The van der Waals surface area contributed by atoms with Gasteiger partial charge in [0.15, 0.2) is 0 Å². The molecule has 0 atom stereocenters. The Bertz CT molecular complexity index is 346. The maximum absolute atomic E-state index is 8.62. The zero-order chi connectivity index (χ0) is 9.97. The van der Waals surface area contributed by atoms with Crippen LogP contribution < -0.4 is 4.90 Å². The normalized spacial score (nSPS) is 14.9. The molecule has 1 aliphatic rings. The first-order chi connectivity index (χ1) is 6.85. The molecule has 1 aliphatic carbocycles. The Morgan fingerprint density at radius 1 is 1.57 bits per heavy atom. The molecule has 1 aromatic heterocycles. The first-order valence-electron chi connectivity index (χ1n) is 4.98. The number of aromatic nitrogens is 1. The van der Waals surface area contributed by atoms with Crippen LogP contribution in [0.5, 0.6) is 0 Å². The molecule has 2 rings (SSSR count). The Labute approximate surface area is 84.0 Å². The fourth-order valence-corrected chi connectivity index (χ4v) is 1.66. The Morgan fingerprint density at radius 2 is 2.36 bits per heavy atom. The molecule has 0 saturated heterocycles. The Hall–Kier alpha value is -1.56. The van der Waals surface area contributed by atoms with Crippen LogP contribution in [0.25, 0.3) is 0 Å². The molecule has 0 aromatic carbocycles. The lowest BCUT2D eigenvalue weighted by molar-refractivity contribution is 0.823. The molecule has 0 bridgehead atoms. The third-order valence-electron chi connectivity index (χ3n) is 2.52. The monoisotopic (exact) mass is 187 g/mol. The summed E-state index contributed by atoms with van der Waals surface area (Å²) in [5.41, 5.74) is 1.62.